The average Bonchev–Trinajstić information content (AvgIpc) is 3.49. The largest absolute Gasteiger partial charge is 0.418 e. The number of aromatic nitrogens is 2. The molecule has 1 aromatic heterocycles. The zero-order valence-electron chi connectivity index (χ0n) is 18.5. The molecule has 0 spiro atoms. The van der Waals surface area contributed by atoms with Gasteiger partial charge in [-0.05, 0) is 48.9 Å². The third-order valence-corrected chi connectivity index (χ3v) is 6.12. The molecule has 4 rings (SSSR count). The number of hydrogen-bond acceptors (Lipinski definition) is 4. The molecule has 31 heavy (non-hydrogen) atoms. The summed E-state index contributed by atoms with van der Waals surface area (Å²) in [6.45, 7) is 5.06. The first kappa shape index (κ1) is 21.3. The van der Waals surface area contributed by atoms with E-state index in [1.54, 1.807) is 0 Å². The Balaban J connectivity index is 1.50. The molecule has 1 aliphatic heterocycles. The van der Waals surface area contributed by atoms with Gasteiger partial charge in [0.1, 0.15) is 6.04 Å². The van der Waals surface area contributed by atoms with Gasteiger partial charge in [0.15, 0.2) is 0 Å². The summed E-state index contributed by atoms with van der Waals surface area (Å²) in [5.74, 6) is 1.41. The van der Waals surface area contributed by atoms with Gasteiger partial charge in [-0.3, -0.25) is 4.79 Å². The van der Waals surface area contributed by atoms with Crippen molar-refractivity contribution in [2.75, 3.05) is 6.54 Å². The van der Waals surface area contributed by atoms with Crippen molar-refractivity contribution >= 4 is 5.91 Å². The topological polar surface area (TPSA) is 59.2 Å². The molecule has 0 N–H and O–H groups in total. The Bertz CT molecular complexity index is 975. The van der Waals surface area contributed by atoms with Crippen LogP contribution in [-0.2, 0) is 4.79 Å². The van der Waals surface area contributed by atoms with Crippen LogP contribution in [0.2, 0.25) is 0 Å². The molecule has 2 heterocycles. The van der Waals surface area contributed by atoms with E-state index in [1.165, 1.54) is 5.56 Å². The summed E-state index contributed by atoms with van der Waals surface area (Å²) in [6, 6.07) is 18.3. The Morgan fingerprint density at radius 1 is 0.968 bits per heavy atom. The highest BCUT2D eigenvalue weighted by Gasteiger charge is 2.36. The Morgan fingerprint density at radius 3 is 2.29 bits per heavy atom. The van der Waals surface area contributed by atoms with Crippen molar-refractivity contribution in [2.45, 2.75) is 58.4 Å². The zero-order valence-corrected chi connectivity index (χ0v) is 18.5. The number of carbonyl (C=O) groups excluding carboxylic acids is 1. The van der Waals surface area contributed by atoms with Crippen LogP contribution in [-0.4, -0.2) is 27.5 Å². The van der Waals surface area contributed by atoms with Crippen LogP contribution in [0.3, 0.4) is 0 Å². The van der Waals surface area contributed by atoms with Crippen molar-refractivity contribution in [3.63, 3.8) is 0 Å². The molecule has 5 nitrogen and oxygen atoms in total. The van der Waals surface area contributed by atoms with Gasteiger partial charge in [0.2, 0.25) is 17.7 Å². The molecule has 1 fully saturated rings. The van der Waals surface area contributed by atoms with Gasteiger partial charge < -0.3 is 9.32 Å². The normalized spacial score (nSPS) is 16.2. The molecule has 1 atom stereocenters. The van der Waals surface area contributed by atoms with Gasteiger partial charge >= 0.3 is 0 Å². The standard InChI is InChI=1S/C26H31N3O2/c1-3-9-22(10-4-2)26(30)29-18-8-13-23(29)25-28-27-24(31-25)21-16-14-20(15-17-21)19-11-6-5-7-12-19/h5-7,11-12,14-17,22-23H,3-4,8-10,13,18H2,1-2H3. The molecule has 1 amide bonds. The molecule has 1 aliphatic rings. The van der Waals surface area contributed by atoms with Crippen LogP contribution in [0.4, 0.5) is 0 Å². The Hall–Kier alpha value is -2.95. The molecular formula is C26H31N3O2. The maximum Gasteiger partial charge on any atom is 0.247 e. The molecule has 5 heteroatoms. The zero-order chi connectivity index (χ0) is 21.6. The third-order valence-electron chi connectivity index (χ3n) is 6.12. The third kappa shape index (κ3) is 4.71. The van der Waals surface area contributed by atoms with Crippen molar-refractivity contribution < 1.29 is 9.21 Å². The summed E-state index contributed by atoms with van der Waals surface area (Å²) < 4.78 is 6.06. The highest BCUT2D eigenvalue weighted by Crippen LogP contribution is 2.35. The average molecular weight is 418 g/mol. The molecule has 2 aromatic carbocycles. The number of likely N-dealkylation sites (tertiary alicyclic amines) is 1. The van der Waals surface area contributed by atoms with Crippen LogP contribution in [0.1, 0.15) is 64.3 Å². The first-order valence-corrected chi connectivity index (χ1v) is 11.5. The van der Waals surface area contributed by atoms with Crippen molar-refractivity contribution in [3.05, 3.63) is 60.5 Å². The van der Waals surface area contributed by atoms with Gasteiger partial charge in [-0.2, -0.15) is 0 Å². The summed E-state index contributed by atoms with van der Waals surface area (Å²) in [5.41, 5.74) is 3.22. The number of amides is 1. The van der Waals surface area contributed by atoms with Crippen molar-refractivity contribution in [3.8, 4) is 22.6 Å². The van der Waals surface area contributed by atoms with Gasteiger partial charge in [0.05, 0.1) is 0 Å². The van der Waals surface area contributed by atoms with Gasteiger partial charge in [0, 0.05) is 18.0 Å². The SMILES string of the molecule is CCCC(CCC)C(=O)N1CCCC1c1nnc(-c2ccc(-c3ccccc3)cc2)o1. The minimum Gasteiger partial charge on any atom is -0.418 e. The lowest BCUT2D eigenvalue weighted by Gasteiger charge is -2.27. The minimum absolute atomic E-state index is 0.100. The van der Waals surface area contributed by atoms with Crippen LogP contribution < -0.4 is 0 Å². The number of carbonyl (C=O) groups is 1. The number of benzene rings is 2. The predicted octanol–water partition coefficient (Wildman–Crippen LogP) is 6.28. The van der Waals surface area contributed by atoms with Crippen LogP contribution in [0.25, 0.3) is 22.6 Å². The van der Waals surface area contributed by atoms with Crippen LogP contribution in [0.15, 0.2) is 59.0 Å². The van der Waals surface area contributed by atoms with E-state index >= 15 is 0 Å². The van der Waals surface area contributed by atoms with E-state index in [1.807, 2.05) is 35.2 Å². The molecule has 162 valence electrons. The van der Waals surface area contributed by atoms with E-state index in [2.05, 4.69) is 48.3 Å². The number of nitrogens with zero attached hydrogens (tertiary/aromatic N) is 3. The first-order chi connectivity index (χ1) is 15.2. The summed E-state index contributed by atoms with van der Waals surface area (Å²) >= 11 is 0. The summed E-state index contributed by atoms with van der Waals surface area (Å²) in [7, 11) is 0. The van der Waals surface area contributed by atoms with E-state index in [9.17, 15) is 4.79 Å². The second-order valence-electron chi connectivity index (χ2n) is 8.35. The fourth-order valence-electron chi connectivity index (χ4n) is 4.53. The second kappa shape index (κ2) is 9.90. The summed E-state index contributed by atoms with van der Waals surface area (Å²) in [6.07, 6.45) is 5.80. The fraction of sp³-hybridized carbons (Fsp3) is 0.423. The van der Waals surface area contributed by atoms with E-state index in [0.29, 0.717) is 11.8 Å². The van der Waals surface area contributed by atoms with Crippen molar-refractivity contribution in [1.29, 1.82) is 0 Å². The van der Waals surface area contributed by atoms with Crippen LogP contribution in [0, 0.1) is 5.92 Å². The van der Waals surface area contributed by atoms with Gasteiger partial charge in [-0.25, -0.2) is 0 Å². The van der Waals surface area contributed by atoms with E-state index in [-0.39, 0.29) is 17.9 Å². The monoisotopic (exact) mass is 417 g/mol. The van der Waals surface area contributed by atoms with Gasteiger partial charge in [-0.15, -0.1) is 10.2 Å². The van der Waals surface area contributed by atoms with Crippen LogP contribution >= 0.6 is 0 Å². The number of rotatable bonds is 8. The number of hydrogen-bond donors (Lipinski definition) is 0. The second-order valence-corrected chi connectivity index (χ2v) is 8.35. The first-order valence-electron chi connectivity index (χ1n) is 11.5. The molecule has 0 aliphatic carbocycles. The quantitative estimate of drug-likeness (QED) is 0.432. The van der Waals surface area contributed by atoms with Gasteiger partial charge in [-0.1, -0.05) is 69.2 Å². The van der Waals surface area contributed by atoms with Crippen LogP contribution in [0.5, 0.6) is 0 Å². The summed E-state index contributed by atoms with van der Waals surface area (Å²) in [4.78, 5) is 15.2. The summed E-state index contributed by atoms with van der Waals surface area (Å²) in [5, 5.41) is 8.62. The highest BCUT2D eigenvalue weighted by atomic mass is 16.4. The molecule has 0 saturated carbocycles. The molecule has 0 radical (unpaired) electrons. The highest BCUT2D eigenvalue weighted by molar-refractivity contribution is 5.79. The lowest BCUT2D eigenvalue weighted by molar-refractivity contribution is -0.137. The predicted molar refractivity (Wildman–Crippen MR) is 122 cm³/mol. The maximum atomic E-state index is 13.2. The maximum absolute atomic E-state index is 13.2. The Morgan fingerprint density at radius 2 is 1.61 bits per heavy atom. The lowest BCUT2D eigenvalue weighted by Crippen LogP contribution is -2.36. The van der Waals surface area contributed by atoms with Crippen molar-refractivity contribution in [2.24, 2.45) is 5.92 Å². The van der Waals surface area contributed by atoms with E-state index in [0.717, 1.165) is 56.2 Å². The van der Waals surface area contributed by atoms with E-state index < -0.39 is 0 Å². The minimum atomic E-state index is -0.103. The molecule has 1 unspecified atom stereocenters. The van der Waals surface area contributed by atoms with Gasteiger partial charge in [0.25, 0.3) is 0 Å². The smallest absolute Gasteiger partial charge is 0.247 e. The van der Waals surface area contributed by atoms with Crippen molar-refractivity contribution in [1.82, 2.24) is 15.1 Å². The molecule has 1 saturated heterocycles. The van der Waals surface area contributed by atoms with E-state index in [4.69, 9.17) is 4.42 Å². The molecule has 0 bridgehead atoms. The molecular weight excluding hydrogens is 386 g/mol. The fourth-order valence-corrected chi connectivity index (χ4v) is 4.53. The lowest BCUT2D eigenvalue weighted by atomic mass is 9.96. The molecule has 3 aromatic rings. The Kier molecular flexibility index (Phi) is 6.80. The Labute approximate surface area is 184 Å².